The summed E-state index contributed by atoms with van der Waals surface area (Å²) >= 11 is 2.40. The van der Waals surface area contributed by atoms with Crippen molar-refractivity contribution in [2.24, 2.45) is 0 Å². The molecule has 33 heavy (non-hydrogen) atoms. The Morgan fingerprint density at radius 3 is 1.94 bits per heavy atom. The van der Waals surface area contributed by atoms with E-state index in [0.717, 1.165) is 6.07 Å². The molecule has 0 atom stereocenters. The summed E-state index contributed by atoms with van der Waals surface area (Å²) in [6.45, 7) is 0. The van der Waals surface area contributed by atoms with Gasteiger partial charge >= 0.3 is 24.2 Å². The maximum atomic E-state index is 14.3. The number of Topliss-reactive ketones (excluding diaryl/α,β-unsaturated/α-hetero) is 1. The molecule has 0 unspecified atom stereocenters. The van der Waals surface area contributed by atoms with Crippen molar-refractivity contribution in [3.8, 4) is 0 Å². The van der Waals surface area contributed by atoms with Crippen LogP contribution < -0.4 is 5.32 Å². The highest BCUT2D eigenvalue weighted by atomic mass is 79.9. The van der Waals surface area contributed by atoms with Gasteiger partial charge in [0, 0.05) is 23.5 Å². The molecule has 0 fully saturated rings. The number of halogens is 12. The fourth-order valence-corrected chi connectivity index (χ4v) is 3.55. The average Bonchev–Trinajstić information content (AvgIpc) is 2.66. The number of anilines is 1. The van der Waals surface area contributed by atoms with Crippen LogP contribution in [0.15, 0.2) is 34.8 Å². The van der Waals surface area contributed by atoms with E-state index in [4.69, 9.17) is 0 Å². The second-order valence-corrected chi connectivity index (χ2v) is 7.51. The molecule has 2 aromatic rings. The van der Waals surface area contributed by atoms with Crippen LogP contribution in [0.5, 0.6) is 0 Å². The summed E-state index contributed by atoms with van der Waals surface area (Å²) in [6.07, 6.45) is -20.2. The normalized spacial score (nSPS) is 13.2. The van der Waals surface area contributed by atoms with Gasteiger partial charge in [0.05, 0.1) is 16.8 Å². The fourth-order valence-electron chi connectivity index (χ4n) is 2.95. The Kier molecular flexibility index (Phi) is 7.13. The maximum Gasteiger partial charge on any atom is 0.435 e. The van der Waals surface area contributed by atoms with Crippen LogP contribution in [-0.4, -0.2) is 25.2 Å². The molecule has 0 bridgehead atoms. The van der Waals surface area contributed by atoms with Gasteiger partial charge < -0.3 is 5.32 Å². The molecule has 0 aliphatic heterocycles. The van der Waals surface area contributed by atoms with E-state index in [-0.39, 0.29) is 11.8 Å². The Morgan fingerprint density at radius 2 is 1.48 bits per heavy atom. The highest BCUT2D eigenvalue weighted by Crippen LogP contribution is 2.54. The van der Waals surface area contributed by atoms with Crippen LogP contribution in [0.4, 0.5) is 54.0 Å². The highest BCUT2D eigenvalue weighted by Gasteiger charge is 2.73. The Morgan fingerprint density at radius 1 is 0.939 bits per heavy atom. The summed E-state index contributed by atoms with van der Waals surface area (Å²) in [4.78, 5) is 12.4. The van der Waals surface area contributed by atoms with Crippen molar-refractivity contribution >= 4 is 27.4 Å². The molecule has 0 aliphatic carbocycles. The van der Waals surface area contributed by atoms with Crippen molar-refractivity contribution in [3.63, 3.8) is 0 Å². The first-order valence-electron chi connectivity index (χ1n) is 8.58. The van der Waals surface area contributed by atoms with E-state index in [9.17, 15) is 53.1 Å². The molecular formula is C19H11BrF11NO. The van der Waals surface area contributed by atoms with Crippen molar-refractivity contribution in [3.05, 3.63) is 62.9 Å². The molecule has 14 heteroatoms. The summed E-state index contributed by atoms with van der Waals surface area (Å²) in [5.74, 6) is -2.40. The van der Waals surface area contributed by atoms with E-state index >= 15 is 0 Å². The second kappa shape index (κ2) is 8.76. The van der Waals surface area contributed by atoms with E-state index in [1.165, 1.54) is 19.2 Å². The van der Waals surface area contributed by atoms with Crippen molar-refractivity contribution < 1.29 is 53.1 Å². The fraction of sp³-hybridized carbons (Fsp3) is 0.316. The number of ketones is 1. The largest absolute Gasteiger partial charge is 0.435 e. The third kappa shape index (κ3) is 4.94. The Bertz CT molecular complexity index is 1040. The summed E-state index contributed by atoms with van der Waals surface area (Å²) < 4.78 is 146. The number of benzene rings is 2. The summed E-state index contributed by atoms with van der Waals surface area (Å²) in [5.41, 5.74) is -12.6. The van der Waals surface area contributed by atoms with Gasteiger partial charge in [-0.05, 0) is 29.8 Å². The molecule has 0 spiro atoms. The van der Waals surface area contributed by atoms with E-state index in [0.29, 0.717) is 0 Å². The molecule has 2 aromatic carbocycles. The molecule has 2 nitrogen and oxygen atoms in total. The zero-order valence-corrected chi connectivity index (χ0v) is 17.6. The van der Waals surface area contributed by atoms with E-state index in [1.807, 2.05) is 0 Å². The van der Waals surface area contributed by atoms with Crippen molar-refractivity contribution in [1.82, 2.24) is 0 Å². The molecule has 0 aliphatic rings. The lowest BCUT2D eigenvalue weighted by Gasteiger charge is -2.31. The lowest BCUT2D eigenvalue weighted by atomic mass is 9.89. The third-order valence-electron chi connectivity index (χ3n) is 4.59. The zero-order chi connectivity index (χ0) is 25.6. The Labute approximate surface area is 186 Å². The van der Waals surface area contributed by atoms with Gasteiger partial charge in [-0.2, -0.15) is 39.5 Å². The number of hydrogen-bond acceptors (Lipinski definition) is 2. The van der Waals surface area contributed by atoms with E-state index in [2.05, 4.69) is 21.2 Å². The molecule has 182 valence electrons. The summed E-state index contributed by atoms with van der Waals surface area (Å²) in [7, 11) is 1.29. The SMILES string of the molecule is CNc1cccc(C(=O)Cc2c(Br)cc(C(F)(C(F)(F)F)C(F)(F)F)cc2C(F)(F)F)c1F. The summed E-state index contributed by atoms with van der Waals surface area (Å²) in [6, 6.07) is 2.52. The van der Waals surface area contributed by atoms with Gasteiger partial charge in [0.1, 0.15) is 0 Å². The van der Waals surface area contributed by atoms with Crippen LogP contribution in [0.1, 0.15) is 27.0 Å². The molecule has 1 N–H and O–H groups in total. The minimum absolute atomic E-state index is 0.140. The number of carbonyl (C=O) groups is 1. The van der Waals surface area contributed by atoms with Gasteiger partial charge in [-0.1, -0.05) is 22.0 Å². The number of rotatable bonds is 5. The highest BCUT2D eigenvalue weighted by molar-refractivity contribution is 9.10. The maximum absolute atomic E-state index is 14.3. The number of nitrogens with one attached hydrogen (secondary N) is 1. The smallest absolute Gasteiger partial charge is 0.386 e. The zero-order valence-electron chi connectivity index (χ0n) is 16.0. The predicted octanol–water partition coefficient (Wildman–Crippen LogP) is 7.36. The molecule has 0 aromatic heterocycles. The first-order chi connectivity index (χ1) is 14.9. The molecular weight excluding hydrogens is 547 g/mol. The van der Waals surface area contributed by atoms with Gasteiger partial charge in [0.25, 0.3) is 0 Å². The molecule has 0 heterocycles. The molecule has 0 saturated heterocycles. The van der Waals surface area contributed by atoms with E-state index in [1.54, 1.807) is 0 Å². The molecule has 0 saturated carbocycles. The minimum atomic E-state index is -6.65. The number of alkyl halides is 10. The van der Waals surface area contributed by atoms with Crippen molar-refractivity contribution in [1.29, 1.82) is 0 Å². The number of hydrogen-bond donors (Lipinski definition) is 1. The first kappa shape index (κ1) is 26.9. The second-order valence-electron chi connectivity index (χ2n) is 6.65. The lowest BCUT2D eigenvalue weighted by molar-refractivity contribution is -0.348. The van der Waals surface area contributed by atoms with Crippen LogP contribution in [0, 0.1) is 5.82 Å². The topological polar surface area (TPSA) is 29.1 Å². The van der Waals surface area contributed by atoms with Crippen molar-refractivity contribution in [2.75, 3.05) is 12.4 Å². The Balaban J connectivity index is 2.71. The van der Waals surface area contributed by atoms with Gasteiger partial charge in [-0.15, -0.1) is 0 Å². The first-order valence-corrected chi connectivity index (χ1v) is 9.37. The van der Waals surface area contributed by atoms with E-state index < -0.39 is 75.0 Å². The van der Waals surface area contributed by atoms with Crippen LogP contribution in [0.2, 0.25) is 0 Å². The van der Waals surface area contributed by atoms with Gasteiger partial charge in [0.15, 0.2) is 11.6 Å². The lowest BCUT2D eigenvalue weighted by Crippen LogP contribution is -2.50. The molecule has 2 rings (SSSR count). The van der Waals surface area contributed by atoms with Crippen LogP contribution in [-0.2, 0) is 18.3 Å². The monoisotopic (exact) mass is 557 g/mol. The summed E-state index contributed by atoms with van der Waals surface area (Å²) in [5, 5.41) is 2.38. The number of carbonyl (C=O) groups excluding carboxylic acids is 1. The quantitative estimate of drug-likeness (QED) is 0.307. The molecule has 0 radical (unpaired) electrons. The van der Waals surface area contributed by atoms with Gasteiger partial charge in [-0.3, -0.25) is 4.79 Å². The average molecular weight is 558 g/mol. The third-order valence-corrected chi connectivity index (χ3v) is 5.29. The van der Waals surface area contributed by atoms with Gasteiger partial charge in [0.2, 0.25) is 0 Å². The van der Waals surface area contributed by atoms with Crippen LogP contribution in [0.25, 0.3) is 0 Å². The van der Waals surface area contributed by atoms with Crippen LogP contribution >= 0.6 is 15.9 Å². The molecule has 0 amide bonds. The van der Waals surface area contributed by atoms with Gasteiger partial charge in [-0.25, -0.2) is 8.78 Å². The van der Waals surface area contributed by atoms with Crippen LogP contribution in [0.3, 0.4) is 0 Å². The standard InChI is InChI=1S/C19H11BrF11NO/c1-32-13-4-2-3-9(15(13)21)14(33)7-10-11(17(23,24)25)5-8(6-12(10)20)16(22,18(26,27)28)19(29,30)31/h2-6,32H,7H2,1H3. The predicted molar refractivity (Wildman–Crippen MR) is 98.0 cm³/mol. The Hall–Kier alpha value is -2.38. The van der Waals surface area contributed by atoms with Crippen molar-refractivity contribution in [2.45, 2.75) is 30.6 Å². The minimum Gasteiger partial charge on any atom is -0.386 e.